The number of aromatic nitrogens is 1. The van der Waals surface area contributed by atoms with Crippen LogP contribution in [0.3, 0.4) is 0 Å². The Hall–Kier alpha value is -3.39. The lowest BCUT2D eigenvalue weighted by atomic mass is 9.90. The smallest absolute Gasteiger partial charge is 0.257 e. The van der Waals surface area contributed by atoms with E-state index in [4.69, 9.17) is 9.47 Å². The summed E-state index contributed by atoms with van der Waals surface area (Å²) in [6, 6.07) is 13.2. The predicted molar refractivity (Wildman–Crippen MR) is 121 cm³/mol. The molecule has 1 aliphatic heterocycles. The lowest BCUT2D eigenvalue weighted by Gasteiger charge is -2.20. The maximum atomic E-state index is 12.9. The molecule has 2 aliphatic rings. The van der Waals surface area contributed by atoms with Gasteiger partial charge in [-0.2, -0.15) is 0 Å². The minimum atomic E-state index is -0.295. The predicted octanol–water partition coefficient (Wildman–Crippen LogP) is 4.17. The molecule has 0 bridgehead atoms. The number of thiazole rings is 1. The van der Waals surface area contributed by atoms with E-state index in [1.54, 1.807) is 18.2 Å². The number of benzene rings is 2. The molecule has 2 N–H and O–H groups in total. The quantitative estimate of drug-likeness (QED) is 0.610. The number of amides is 2. The Morgan fingerprint density at radius 3 is 2.78 bits per heavy atom. The van der Waals surface area contributed by atoms with Crippen molar-refractivity contribution in [3.63, 3.8) is 0 Å². The maximum absolute atomic E-state index is 12.9. The zero-order valence-electron chi connectivity index (χ0n) is 17.6. The van der Waals surface area contributed by atoms with E-state index < -0.39 is 0 Å². The standard InChI is InChI=1S/C24H23N3O4S/c1-14-5-7-15(8-6-14)12-25-23(29)17-3-2-4-20-21(17)26-24(32-20)27-22(28)16-9-10-18-19(11-16)31-13-30-18/h5-11,17H,2-4,12-13H2,1H3,(H,25,29)(H,26,27,28). The molecule has 8 heteroatoms. The number of hydrogen-bond donors (Lipinski definition) is 2. The summed E-state index contributed by atoms with van der Waals surface area (Å²) in [6.07, 6.45) is 2.55. The Morgan fingerprint density at radius 2 is 1.94 bits per heavy atom. The highest BCUT2D eigenvalue weighted by atomic mass is 32.1. The van der Waals surface area contributed by atoms with Crippen molar-refractivity contribution < 1.29 is 19.1 Å². The summed E-state index contributed by atoms with van der Waals surface area (Å²) in [5, 5.41) is 6.42. The summed E-state index contributed by atoms with van der Waals surface area (Å²) < 4.78 is 10.6. The van der Waals surface area contributed by atoms with Crippen LogP contribution in [-0.4, -0.2) is 23.6 Å². The molecule has 1 unspecified atom stereocenters. The van der Waals surface area contributed by atoms with Crippen molar-refractivity contribution in [3.05, 3.63) is 69.7 Å². The molecule has 1 atom stereocenters. The number of carbonyl (C=O) groups is 2. The fourth-order valence-corrected chi connectivity index (χ4v) is 5.01. The summed E-state index contributed by atoms with van der Waals surface area (Å²) in [5.74, 6) is 0.601. The van der Waals surface area contributed by atoms with E-state index in [-0.39, 0.29) is 24.5 Å². The fraction of sp³-hybridized carbons (Fsp3) is 0.292. The van der Waals surface area contributed by atoms with Crippen molar-refractivity contribution in [2.75, 3.05) is 12.1 Å². The maximum Gasteiger partial charge on any atom is 0.257 e. The van der Waals surface area contributed by atoms with Crippen LogP contribution >= 0.6 is 11.3 Å². The van der Waals surface area contributed by atoms with E-state index in [9.17, 15) is 9.59 Å². The molecule has 0 saturated carbocycles. The lowest BCUT2D eigenvalue weighted by molar-refractivity contribution is -0.123. The van der Waals surface area contributed by atoms with Crippen LogP contribution in [-0.2, 0) is 17.8 Å². The van der Waals surface area contributed by atoms with Crippen molar-refractivity contribution in [2.45, 2.75) is 38.6 Å². The topological polar surface area (TPSA) is 89.6 Å². The minimum Gasteiger partial charge on any atom is -0.454 e. The average Bonchev–Trinajstić information content (AvgIpc) is 3.44. The second kappa shape index (κ2) is 8.63. The number of nitrogens with zero attached hydrogens (tertiary/aromatic N) is 1. The van der Waals surface area contributed by atoms with Crippen LogP contribution in [0, 0.1) is 6.92 Å². The van der Waals surface area contributed by atoms with Gasteiger partial charge in [-0.15, -0.1) is 11.3 Å². The fourth-order valence-electron chi connectivity index (χ4n) is 3.95. The van der Waals surface area contributed by atoms with E-state index in [2.05, 4.69) is 15.6 Å². The molecule has 2 heterocycles. The average molecular weight is 450 g/mol. The monoisotopic (exact) mass is 449 g/mol. The van der Waals surface area contributed by atoms with E-state index in [1.165, 1.54) is 16.9 Å². The van der Waals surface area contributed by atoms with Gasteiger partial charge in [-0.1, -0.05) is 29.8 Å². The SMILES string of the molecule is Cc1ccc(CNC(=O)C2CCCc3sc(NC(=O)c4ccc5c(c4)OCO5)nc32)cc1. The van der Waals surface area contributed by atoms with E-state index in [1.807, 2.05) is 31.2 Å². The van der Waals surface area contributed by atoms with E-state index >= 15 is 0 Å². The first kappa shape index (κ1) is 20.5. The zero-order chi connectivity index (χ0) is 22.1. The van der Waals surface area contributed by atoms with Crippen LogP contribution in [0.1, 0.15) is 50.8 Å². The van der Waals surface area contributed by atoms with Gasteiger partial charge < -0.3 is 14.8 Å². The number of fused-ring (bicyclic) bond motifs is 2. The van der Waals surface area contributed by atoms with Crippen molar-refractivity contribution in [2.24, 2.45) is 0 Å². The molecule has 3 aromatic rings. The van der Waals surface area contributed by atoms with Crippen molar-refractivity contribution in [3.8, 4) is 11.5 Å². The highest BCUT2D eigenvalue weighted by molar-refractivity contribution is 7.16. The third kappa shape index (κ3) is 4.18. The Balaban J connectivity index is 1.27. The van der Waals surface area contributed by atoms with E-state index in [0.717, 1.165) is 35.4 Å². The molecule has 5 rings (SSSR count). The molecule has 1 aromatic heterocycles. The molecule has 0 saturated heterocycles. The molecule has 2 aromatic carbocycles. The summed E-state index contributed by atoms with van der Waals surface area (Å²) >= 11 is 1.44. The van der Waals surface area contributed by atoms with Gasteiger partial charge in [0, 0.05) is 17.0 Å². The Labute approximate surface area is 189 Å². The van der Waals surface area contributed by atoms with Crippen molar-refractivity contribution >= 4 is 28.3 Å². The second-order valence-electron chi connectivity index (χ2n) is 8.00. The first-order valence-electron chi connectivity index (χ1n) is 10.6. The number of ether oxygens (including phenoxy) is 2. The molecule has 1 aliphatic carbocycles. The minimum absolute atomic E-state index is 0.0227. The van der Waals surface area contributed by atoms with Gasteiger partial charge in [0.2, 0.25) is 12.7 Å². The van der Waals surface area contributed by atoms with Gasteiger partial charge in [0.15, 0.2) is 16.6 Å². The summed E-state index contributed by atoms with van der Waals surface area (Å²) in [7, 11) is 0. The lowest BCUT2D eigenvalue weighted by Crippen LogP contribution is -2.31. The van der Waals surface area contributed by atoms with Crippen molar-refractivity contribution in [1.82, 2.24) is 10.3 Å². The zero-order valence-corrected chi connectivity index (χ0v) is 18.5. The van der Waals surface area contributed by atoms with Crippen LogP contribution in [0.2, 0.25) is 0 Å². The van der Waals surface area contributed by atoms with Gasteiger partial charge in [-0.25, -0.2) is 4.98 Å². The third-order valence-corrected chi connectivity index (χ3v) is 6.76. The number of rotatable bonds is 5. The Kier molecular flexibility index (Phi) is 5.53. The number of hydrogen-bond acceptors (Lipinski definition) is 6. The largest absolute Gasteiger partial charge is 0.454 e. The first-order chi connectivity index (χ1) is 15.6. The van der Waals surface area contributed by atoms with Gasteiger partial charge in [-0.05, 0) is 49.9 Å². The van der Waals surface area contributed by atoms with Crippen LogP contribution in [0.5, 0.6) is 11.5 Å². The third-order valence-electron chi connectivity index (χ3n) is 5.71. The van der Waals surface area contributed by atoms with Gasteiger partial charge >= 0.3 is 0 Å². The second-order valence-corrected chi connectivity index (χ2v) is 9.08. The van der Waals surface area contributed by atoms with Crippen LogP contribution < -0.4 is 20.1 Å². The van der Waals surface area contributed by atoms with Gasteiger partial charge in [0.1, 0.15) is 0 Å². The van der Waals surface area contributed by atoms with Gasteiger partial charge in [0.05, 0.1) is 11.6 Å². The number of carbonyl (C=O) groups excluding carboxylic acids is 2. The molecular weight excluding hydrogens is 426 g/mol. The summed E-state index contributed by atoms with van der Waals surface area (Å²) in [6.45, 7) is 2.69. The molecule has 0 fully saturated rings. The summed E-state index contributed by atoms with van der Waals surface area (Å²) in [4.78, 5) is 31.3. The molecule has 164 valence electrons. The molecular formula is C24H23N3O4S. The molecule has 2 amide bonds. The number of nitrogens with one attached hydrogen (secondary N) is 2. The Morgan fingerprint density at radius 1 is 1.12 bits per heavy atom. The van der Waals surface area contributed by atoms with Crippen molar-refractivity contribution in [1.29, 1.82) is 0 Å². The van der Waals surface area contributed by atoms with Crippen LogP contribution in [0.25, 0.3) is 0 Å². The van der Waals surface area contributed by atoms with Crippen LogP contribution in [0.15, 0.2) is 42.5 Å². The number of anilines is 1. The highest BCUT2D eigenvalue weighted by Gasteiger charge is 2.30. The summed E-state index contributed by atoms with van der Waals surface area (Å²) in [5.41, 5.74) is 3.50. The highest BCUT2D eigenvalue weighted by Crippen LogP contribution is 2.37. The Bertz CT molecular complexity index is 1170. The molecule has 7 nitrogen and oxygen atoms in total. The molecule has 32 heavy (non-hydrogen) atoms. The van der Waals surface area contributed by atoms with Crippen LogP contribution in [0.4, 0.5) is 5.13 Å². The molecule has 0 spiro atoms. The first-order valence-corrected chi connectivity index (χ1v) is 11.4. The van der Waals surface area contributed by atoms with E-state index in [0.29, 0.717) is 28.7 Å². The number of aryl methyl sites for hydroxylation is 2. The molecule has 0 radical (unpaired) electrons. The van der Waals surface area contributed by atoms with Gasteiger partial charge in [0.25, 0.3) is 5.91 Å². The van der Waals surface area contributed by atoms with Gasteiger partial charge in [-0.3, -0.25) is 14.9 Å². The normalized spacial score (nSPS) is 16.3.